The number of sulfonamides is 1. The van der Waals surface area contributed by atoms with Crippen LogP contribution in [0.1, 0.15) is 12.8 Å². The fourth-order valence-electron chi connectivity index (χ4n) is 3.21. The summed E-state index contributed by atoms with van der Waals surface area (Å²) in [5.74, 6) is -0.339. The maximum atomic E-state index is 12.8. The van der Waals surface area contributed by atoms with E-state index >= 15 is 0 Å². The second-order valence-corrected chi connectivity index (χ2v) is 8.79. The fourth-order valence-corrected chi connectivity index (χ4v) is 4.68. The lowest BCUT2D eigenvalue weighted by Crippen LogP contribution is -2.44. The lowest BCUT2D eigenvalue weighted by Gasteiger charge is -2.30. The largest absolute Gasteiger partial charge is 0.497 e. The lowest BCUT2D eigenvalue weighted by atomic mass is 9.97. The van der Waals surface area contributed by atoms with Crippen molar-refractivity contribution in [2.75, 3.05) is 32.1 Å². The van der Waals surface area contributed by atoms with Crippen LogP contribution >= 0.6 is 0 Å². The molecule has 2 N–H and O–H groups in total. The Balaban J connectivity index is 1.48. The van der Waals surface area contributed by atoms with Gasteiger partial charge in [-0.3, -0.25) is 14.6 Å². The van der Waals surface area contributed by atoms with Crippen LogP contribution < -0.4 is 15.4 Å². The van der Waals surface area contributed by atoms with E-state index in [0.717, 1.165) is 0 Å². The molecule has 2 aromatic rings. The molecule has 0 aliphatic carbocycles. The van der Waals surface area contributed by atoms with E-state index < -0.39 is 10.0 Å². The van der Waals surface area contributed by atoms with Crippen molar-refractivity contribution in [3.8, 4) is 5.75 Å². The number of benzene rings is 1. The van der Waals surface area contributed by atoms with Crippen LogP contribution in [-0.2, 0) is 19.6 Å². The van der Waals surface area contributed by atoms with Crippen LogP contribution in [0.25, 0.3) is 0 Å². The molecule has 1 fully saturated rings. The average Bonchev–Trinajstić information content (AvgIpc) is 2.78. The molecule has 160 valence electrons. The molecular formula is C20H24N4O5S. The second kappa shape index (κ2) is 9.68. The van der Waals surface area contributed by atoms with Gasteiger partial charge in [0.25, 0.3) is 0 Å². The van der Waals surface area contributed by atoms with Gasteiger partial charge in [-0.05, 0) is 49.2 Å². The number of carbonyl (C=O) groups excluding carboxylic acids is 2. The van der Waals surface area contributed by atoms with Gasteiger partial charge in [-0.15, -0.1) is 0 Å². The average molecular weight is 433 g/mol. The number of carbonyl (C=O) groups is 2. The summed E-state index contributed by atoms with van der Waals surface area (Å²) in [7, 11) is -2.10. The molecule has 30 heavy (non-hydrogen) atoms. The Morgan fingerprint density at radius 2 is 1.73 bits per heavy atom. The van der Waals surface area contributed by atoms with Gasteiger partial charge in [-0.1, -0.05) is 0 Å². The molecule has 0 radical (unpaired) electrons. The molecule has 1 aliphatic rings. The van der Waals surface area contributed by atoms with Crippen molar-refractivity contribution in [3.63, 3.8) is 0 Å². The first-order valence-corrected chi connectivity index (χ1v) is 11.0. The standard InChI is InChI=1S/C20H24N4O5S/c1-29-17-2-4-18(5-3-17)30(27,28)24-12-8-15(9-13-24)20(26)22-14-19(25)23-16-6-10-21-11-7-16/h2-7,10-11,15H,8-9,12-14H2,1H3,(H,22,26)(H,21,23,25). The second-order valence-electron chi connectivity index (χ2n) is 6.86. The molecule has 0 atom stereocenters. The third-order valence-electron chi connectivity index (χ3n) is 4.91. The first kappa shape index (κ1) is 21.7. The van der Waals surface area contributed by atoms with Gasteiger partial charge >= 0.3 is 0 Å². The Labute approximate surface area is 175 Å². The molecule has 1 aromatic heterocycles. The van der Waals surface area contributed by atoms with Crippen LogP contribution in [0.15, 0.2) is 53.7 Å². The third-order valence-corrected chi connectivity index (χ3v) is 6.82. The normalized spacial score (nSPS) is 15.4. The van der Waals surface area contributed by atoms with Crippen LogP contribution in [-0.4, -0.2) is 56.3 Å². The van der Waals surface area contributed by atoms with E-state index in [4.69, 9.17) is 4.74 Å². The van der Waals surface area contributed by atoms with E-state index in [1.807, 2.05) is 0 Å². The maximum Gasteiger partial charge on any atom is 0.243 e. The number of methoxy groups -OCH3 is 1. The van der Waals surface area contributed by atoms with Gasteiger partial charge in [0.15, 0.2) is 0 Å². The van der Waals surface area contributed by atoms with Crippen LogP contribution in [0.5, 0.6) is 5.75 Å². The van der Waals surface area contributed by atoms with Gasteiger partial charge in [0.05, 0.1) is 18.6 Å². The summed E-state index contributed by atoms with van der Waals surface area (Å²) >= 11 is 0. The van der Waals surface area contributed by atoms with Gasteiger partial charge in [0.1, 0.15) is 5.75 Å². The van der Waals surface area contributed by atoms with Crippen LogP contribution in [0.4, 0.5) is 5.69 Å². The number of hydrogen-bond acceptors (Lipinski definition) is 6. The minimum atomic E-state index is -3.62. The third kappa shape index (κ3) is 5.33. The smallest absolute Gasteiger partial charge is 0.243 e. The molecule has 1 aliphatic heterocycles. The van der Waals surface area contributed by atoms with E-state index in [1.165, 1.54) is 23.5 Å². The SMILES string of the molecule is COc1ccc(S(=O)(=O)N2CCC(C(=O)NCC(=O)Nc3ccncc3)CC2)cc1. The number of anilines is 1. The number of ether oxygens (including phenoxy) is 1. The molecule has 0 bridgehead atoms. The zero-order chi connectivity index (χ0) is 21.6. The minimum absolute atomic E-state index is 0.147. The summed E-state index contributed by atoms with van der Waals surface area (Å²) < 4.78 is 32.0. The van der Waals surface area contributed by atoms with Crippen molar-refractivity contribution in [1.82, 2.24) is 14.6 Å². The summed E-state index contributed by atoms with van der Waals surface area (Å²) in [6.45, 7) is 0.344. The fraction of sp³-hybridized carbons (Fsp3) is 0.350. The van der Waals surface area contributed by atoms with E-state index in [1.54, 1.807) is 36.7 Å². The molecular weight excluding hydrogens is 408 g/mol. The Morgan fingerprint density at radius 3 is 2.33 bits per heavy atom. The van der Waals surface area contributed by atoms with E-state index in [-0.39, 0.29) is 42.3 Å². The molecule has 1 saturated heterocycles. The molecule has 2 heterocycles. The van der Waals surface area contributed by atoms with Crippen molar-refractivity contribution < 1.29 is 22.7 Å². The number of piperidine rings is 1. The Bertz CT molecular complexity index is 972. The van der Waals surface area contributed by atoms with E-state index in [0.29, 0.717) is 24.3 Å². The van der Waals surface area contributed by atoms with Gasteiger partial charge in [-0.2, -0.15) is 4.31 Å². The van der Waals surface area contributed by atoms with Crippen molar-refractivity contribution in [2.24, 2.45) is 5.92 Å². The van der Waals surface area contributed by atoms with Crippen molar-refractivity contribution in [1.29, 1.82) is 0 Å². The molecule has 0 unspecified atom stereocenters. The number of pyridine rings is 1. The number of amides is 2. The zero-order valence-corrected chi connectivity index (χ0v) is 17.4. The summed E-state index contributed by atoms with van der Waals surface area (Å²) in [4.78, 5) is 28.4. The number of nitrogens with one attached hydrogen (secondary N) is 2. The molecule has 9 nitrogen and oxygen atoms in total. The number of hydrogen-bond donors (Lipinski definition) is 2. The highest BCUT2D eigenvalue weighted by Gasteiger charge is 2.32. The highest BCUT2D eigenvalue weighted by Crippen LogP contribution is 2.25. The predicted octanol–water partition coefficient (Wildman–Crippen LogP) is 1.25. The summed E-state index contributed by atoms with van der Waals surface area (Å²) in [6.07, 6.45) is 3.91. The van der Waals surface area contributed by atoms with Gasteiger partial charge in [0, 0.05) is 37.1 Å². The van der Waals surface area contributed by atoms with Gasteiger partial charge in [0.2, 0.25) is 21.8 Å². The van der Waals surface area contributed by atoms with Crippen molar-refractivity contribution >= 4 is 27.5 Å². The number of rotatable bonds is 7. The van der Waals surface area contributed by atoms with Crippen molar-refractivity contribution in [2.45, 2.75) is 17.7 Å². The molecule has 3 rings (SSSR count). The van der Waals surface area contributed by atoms with Gasteiger partial charge in [-0.25, -0.2) is 8.42 Å². The molecule has 0 saturated carbocycles. The first-order valence-electron chi connectivity index (χ1n) is 9.52. The van der Waals surface area contributed by atoms with Crippen LogP contribution in [0.2, 0.25) is 0 Å². The van der Waals surface area contributed by atoms with E-state index in [2.05, 4.69) is 15.6 Å². The Morgan fingerprint density at radius 1 is 1.10 bits per heavy atom. The molecule has 1 aromatic carbocycles. The van der Waals surface area contributed by atoms with Gasteiger partial charge < -0.3 is 15.4 Å². The highest BCUT2D eigenvalue weighted by atomic mass is 32.2. The lowest BCUT2D eigenvalue weighted by molar-refractivity contribution is -0.128. The highest BCUT2D eigenvalue weighted by molar-refractivity contribution is 7.89. The van der Waals surface area contributed by atoms with Crippen LogP contribution in [0, 0.1) is 5.92 Å². The van der Waals surface area contributed by atoms with Crippen LogP contribution in [0.3, 0.4) is 0 Å². The number of nitrogens with zero attached hydrogens (tertiary/aromatic N) is 2. The summed E-state index contributed by atoms with van der Waals surface area (Å²) in [5, 5.41) is 5.29. The zero-order valence-electron chi connectivity index (χ0n) is 16.6. The monoisotopic (exact) mass is 432 g/mol. The molecule has 10 heteroatoms. The molecule has 0 spiro atoms. The summed E-state index contributed by atoms with van der Waals surface area (Å²) in [5.41, 5.74) is 0.598. The number of aromatic nitrogens is 1. The predicted molar refractivity (Wildman–Crippen MR) is 110 cm³/mol. The van der Waals surface area contributed by atoms with Crippen molar-refractivity contribution in [3.05, 3.63) is 48.8 Å². The minimum Gasteiger partial charge on any atom is -0.497 e. The Kier molecular flexibility index (Phi) is 7.01. The Hall–Kier alpha value is -2.98. The van der Waals surface area contributed by atoms with E-state index in [9.17, 15) is 18.0 Å². The maximum absolute atomic E-state index is 12.8. The molecule has 2 amide bonds. The first-order chi connectivity index (χ1) is 14.4. The summed E-state index contributed by atoms with van der Waals surface area (Å²) in [6, 6.07) is 9.52. The topological polar surface area (TPSA) is 118 Å². The quantitative estimate of drug-likeness (QED) is 0.680.